The molecule has 0 spiro atoms. The molecular formula is C18H22ClN3O4S. The molecule has 2 aromatic rings. The van der Waals surface area contributed by atoms with Crippen LogP contribution in [0.4, 0.5) is 11.4 Å². The molecule has 0 unspecified atom stereocenters. The van der Waals surface area contributed by atoms with Crippen LogP contribution in [0.3, 0.4) is 0 Å². The zero-order chi connectivity index (χ0) is 20.2. The van der Waals surface area contributed by atoms with Crippen molar-refractivity contribution in [3.05, 3.63) is 47.5 Å². The van der Waals surface area contributed by atoms with Crippen LogP contribution in [0.2, 0.25) is 5.02 Å². The van der Waals surface area contributed by atoms with E-state index in [-0.39, 0.29) is 10.8 Å². The van der Waals surface area contributed by atoms with Gasteiger partial charge in [-0.3, -0.25) is 4.79 Å². The molecule has 0 radical (unpaired) electrons. The lowest BCUT2D eigenvalue weighted by Gasteiger charge is -2.17. The summed E-state index contributed by atoms with van der Waals surface area (Å²) in [5.41, 5.74) is 1.05. The van der Waals surface area contributed by atoms with E-state index in [4.69, 9.17) is 16.3 Å². The number of carbonyl (C=O) groups is 1. The maximum Gasteiger partial charge on any atom is 0.246 e. The van der Waals surface area contributed by atoms with Gasteiger partial charge in [0.15, 0.2) is 0 Å². The average molecular weight is 412 g/mol. The van der Waals surface area contributed by atoms with Gasteiger partial charge in [0.25, 0.3) is 0 Å². The van der Waals surface area contributed by atoms with Crippen molar-refractivity contribution in [2.45, 2.75) is 17.9 Å². The van der Waals surface area contributed by atoms with Gasteiger partial charge in [-0.25, -0.2) is 12.7 Å². The number of halogens is 1. The zero-order valence-electron chi connectivity index (χ0n) is 15.5. The summed E-state index contributed by atoms with van der Waals surface area (Å²) < 4.78 is 30.6. The first-order chi connectivity index (χ1) is 12.6. The summed E-state index contributed by atoms with van der Waals surface area (Å²) in [6.07, 6.45) is 0. The zero-order valence-corrected chi connectivity index (χ0v) is 17.1. The van der Waals surface area contributed by atoms with Crippen molar-refractivity contribution in [1.29, 1.82) is 0 Å². The van der Waals surface area contributed by atoms with E-state index in [0.29, 0.717) is 22.1 Å². The molecule has 27 heavy (non-hydrogen) atoms. The Bertz CT molecular complexity index is 932. The van der Waals surface area contributed by atoms with Gasteiger partial charge in [-0.1, -0.05) is 17.7 Å². The van der Waals surface area contributed by atoms with Crippen molar-refractivity contribution in [2.75, 3.05) is 31.8 Å². The third-order valence-electron chi connectivity index (χ3n) is 3.81. The Morgan fingerprint density at radius 1 is 1.15 bits per heavy atom. The Hall–Kier alpha value is -2.29. The highest BCUT2D eigenvalue weighted by atomic mass is 35.5. The van der Waals surface area contributed by atoms with Crippen LogP contribution in [0, 0.1) is 0 Å². The molecule has 2 N–H and O–H groups in total. The van der Waals surface area contributed by atoms with Crippen molar-refractivity contribution >= 4 is 38.9 Å². The van der Waals surface area contributed by atoms with E-state index in [9.17, 15) is 13.2 Å². The van der Waals surface area contributed by atoms with E-state index in [1.807, 2.05) is 0 Å². The number of carbonyl (C=O) groups excluding carboxylic acids is 1. The third kappa shape index (κ3) is 5.12. The largest absolute Gasteiger partial charge is 0.495 e. The number of methoxy groups -OCH3 is 1. The number of benzene rings is 2. The molecule has 0 aliphatic rings. The van der Waals surface area contributed by atoms with Crippen LogP contribution in [0.15, 0.2) is 47.4 Å². The highest BCUT2D eigenvalue weighted by Gasteiger charge is 2.19. The molecule has 2 rings (SSSR count). The maximum absolute atomic E-state index is 12.4. The van der Waals surface area contributed by atoms with Crippen LogP contribution in [0.1, 0.15) is 6.92 Å². The molecule has 0 saturated heterocycles. The van der Waals surface area contributed by atoms with Gasteiger partial charge in [-0.15, -0.1) is 0 Å². The van der Waals surface area contributed by atoms with Crippen LogP contribution in [-0.2, 0) is 14.8 Å². The number of nitrogens with zero attached hydrogens (tertiary/aromatic N) is 1. The lowest BCUT2D eigenvalue weighted by molar-refractivity contribution is -0.116. The van der Waals surface area contributed by atoms with E-state index < -0.39 is 16.1 Å². The lowest BCUT2D eigenvalue weighted by Crippen LogP contribution is -2.32. The molecular weight excluding hydrogens is 390 g/mol. The summed E-state index contributed by atoms with van der Waals surface area (Å²) in [7, 11) is 0.849. The number of amides is 1. The maximum atomic E-state index is 12.4. The highest BCUT2D eigenvalue weighted by Crippen LogP contribution is 2.27. The van der Waals surface area contributed by atoms with Gasteiger partial charge in [-0.2, -0.15) is 0 Å². The third-order valence-corrected chi connectivity index (χ3v) is 5.91. The second-order valence-electron chi connectivity index (χ2n) is 6.02. The van der Waals surface area contributed by atoms with E-state index in [1.165, 1.54) is 33.3 Å². The predicted molar refractivity (Wildman–Crippen MR) is 107 cm³/mol. The molecule has 1 amide bonds. The molecule has 2 aromatic carbocycles. The van der Waals surface area contributed by atoms with Gasteiger partial charge >= 0.3 is 0 Å². The number of hydrogen-bond acceptors (Lipinski definition) is 5. The van der Waals surface area contributed by atoms with Crippen LogP contribution in [0.25, 0.3) is 0 Å². The van der Waals surface area contributed by atoms with Crippen molar-refractivity contribution < 1.29 is 17.9 Å². The van der Waals surface area contributed by atoms with Crippen LogP contribution in [-0.4, -0.2) is 45.9 Å². The molecule has 0 fully saturated rings. The molecule has 7 nitrogen and oxygen atoms in total. The molecule has 0 heterocycles. The number of hydrogen-bond donors (Lipinski definition) is 2. The second-order valence-corrected chi connectivity index (χ2v) is 8.58. The Balaban J connectivity index is 2.09. The predicted octanol–water partition coefficient (Wildman–Crippen LogP) is 3.04. The lowest BCUT2D eigenvalue weighted by atomic mass is 10.2. The monoisotopic (exact) mass is 411 g/mol. The van der Waals surface area contributed by atoms with Crippen LogP contribution < -0.4 is 15.4 Å². The fourth-order valence-electron chi connectivity index (χ4n) is 2.27. The van der Waals surface area contributed by atoms with E-state index in [0.717, 1.165) is 4.31 Å². The van der Waals surface area contributed by atoms with Gasteiger partial charge in [0.05, 0.1) is 17.0 Å². The molecule has 1 atom stereocenters. The number of ether oxygens (including phenoxy) is 1. The minimum atomic E-state index is -3.58. The summed E-state index contributed by atoms with van der Waals surface area (Å²) in [5.74, 6) is 0.222. The summed E-state index contributed by atoms with van der Waals surface area (Å²) in [6, 6.07) is 10.6. The van der Waals surface area contributed by atoms with Crippen LogP contribution >= 0.6 is 11.6 Å². The van der Waals surface area contributed by atoms with Gasteiger partial charge in [0, 0.05) is 25.5 Å². The smallest absolute Gasteiger partial charge is 0.246 e. The van der Waals surface area contributed by atoms with Crippen molar-refractivity contribution in [3.63, 3.8) is 0 Å². The molecule has 9 heteroatoms. The minimum Gasteiger partial charge on any atom is -0.495 e. The van der Waals surface area contributed by atoms with Gasteiger partial charge in [-0.05, 0) is 43.3 Å². The summed E-state index contributed by atoms with van der Waals surface area (Å²) >= 11 is 6.08. The fourth-order valence-corrected chi connectivity index (χ4v) is 3.47. The minimum absolute atomic E-state index is 0.104. The summed E-state index contributed by atoms with van der Waals surface area (Å²) in [4.78, 5) is 12.5. The average Bonchev–Trinajstić information content (AvgIpc) is 2.62. The Kier molecular flexibility index (Phi) is 6.69. The SMILES string of the molecule is COc1ccc(N[C@@H](C)C(=O)Nc2cccc(S(=O)(=O)N(C)C)c2)cc1Cl. The molecule has 0 saturated carbocycles. The first-order valence-corrected chi connectivity index (χ1v) is 9.90. The molecule has 0 aromatic heterocycles. The van der Waals surface area contributed by atoms with Crippen molar-refractivity contribution in [1.82, 2.24) is 4.31 Å². The van der Waals surface area contributed by atoms with Crippen molar-refractivity contribution in [3.8, 4) is 5.75 Å². The topological polar surface area (TPSA) is 87.7 Å². The van der Waals surface area contributed by atoms with E-state index in [2.05, 4.69) is 10.6 Å². The number of rotatable bonds is 7. The number of sulfonamides is 1. The second kappa shape index (κ2) is 8.60. The fraction of sp³-hybridized carbons (Fsp3) is 0.278. The quantitative estimate of drug-likeness (QED) is 0.731. The normalized spacial score (nSPS) is 12.5. The highest BCUT2D eigenvalue weighted by molar-refractivity contribution is 7.89. The first kappa shape index (κ1) is 21.0. The summed E-state index contributed by atoms with van der Waals surface area (Å²) in [5, 5.41) is 6.17. The van der Waals surface area contributed by atoms with Gasteiger partial charge < -0.3 is 15.4 Å². The van der Waals surface area contributed by atoms with E-state index >= 15 is 0 Å². The molecule has 0 aliphatic carbocycles. The number of anilines is 2. The Morgan fingerprint density at radius 3 is 2.44 bits per heavy atom. The molecule has 146 valence electrons. The Morgan fingerprint density at radius 2 is 1.85 bits per heavy atom. The first-order valence-electron chi connectivity index (χ1n) is 8.08. The van der Waals surface area contributed by atoms with E-state index in [1.54, 1.807) is 37.3 Å². The molecule has 0 aliphatic heterocycles. The van der Waals surface area contributed by atoms with Gasteiger partial charge in [0.2, 0.25) is 15.9 Å². The Labute approximate surface area is 164 Å². The summed E-state index contributed by atoms with van der Waals surface area (Å²) in [6.45, 7) is 1.69. The standard InChI is InChI=1S/C18H22ClN3O4S/c1-12(20-14-8-9-17(26-4)16(19)11-14)18(23)21-13-6-5-7-15(10-13)27(24,25)22(2)3/h5-12,20H,1-4H3,(H,21,23)/t12-/m0/s1. The van der Waals surface area contributed by atoms with Crippen LogP contribution in [0.5, 0.6) is 5.75 Å². The van der Waals surface area contributed by atoms with Crippen molar-refractivity contribution in [2.24, 2.45) is 0 Å². The number of nitrogens with one attached hydrogen (secondary N) is 2. The van der Waals surface area contributed by atoms with Gasteiger partial charge in [0.1, 0.15) is 11.8 Å². The molecule has 0 bridgehead atoms.